The number of nitrogens with zero attached hydrogens (tertiary/aromatic N) is 2. The van der Waals surface area contributed by atoms with E-state index in [1.807, 2.05) is 36.7 Å². The SMILES string of the molecule is COc1cccc(Nc2ncc3c(C4=CCNCC4)c[nH]c3n2)c1. The summed E-state index contributed by atoms with van der Waals surface area (Å²) in [4.78, 5) is 12.3. The first kappa shape index (κ1) is 14.7. The number of anilines is 2. The van der Waals surface area contributed by atoms with Crippen molar-refractivity contribution in [1.82, 2.24) is 20.3 Å². The second-order valence-corrected chi connectivity index (χ2v) is 5.70. The zero-order chi connectivity index (χ0) is 16.4. The Bertz CT molecular complexity index is 899. The van der Waals surface area contributed by atoms with E-state index in [0.29, 0.717) is 5.95 Å². The van der Waals surface area contributed by atoms with Gasteiger partial charge in [0.15, 0.2) is 0 Å². The molecule has 1 aliphatic rings. The normalized spacial score (nSPS) is 14.5. The standard InChI is InChI=1S/C18H19N5O/c1-24-14-4-2-3-13(9-14)22-18-21-11-16-15(10-20-17(16)23-18)12-5-7-19-8-6-12/h2-5,9-11,19H,6-8H2,1H3,(H2,20,21,22,23). The number of hydrogen-bond donors (Lipinski definition) is 3. The molecule has 0 radical (unpaired) electrons. The molecular weight excluding hydrogens is 302 g/mol. The molecule has 0 saturated carbocycles. The number of ether oxygens (including phenoxy) is 1. The van der Waals surface area contributed by atoms with Crippen molar-refractivity contribution in [3.8, 4) is 5.75 Å². The molecule has 2 aromatic heterocycles. The number of H-pyrrole nitrogens is 1. The lowest BCUT2D eigenvalue weighted by Gasteiger charge is -2.13. The summed E-state index contributed by atoms with van der Waals surface area (Å²) in [6.07, 6.45) is 7.15. The zero-order valence-corrected chi connectivity index (χ0v) is 13.5. The molecular formula is C18H19N5O. The van der Waals surface area contributed by atoms with Crippen molar-refractivity contribution < 1.29 is 4.74 Å². The average molecular weight is 321 g/mol. The second kappa shape index (κ2) is 6.33. The average Bonchev–Trinajstić information content (AvgIpc) is 3.06. The van der Waals surface area contributed by atoms with Crippen LogP contribution in [-0.4, -0.2) is 35.2 Å². The van der Waals surface area contributed by atoms with Crippen LogP contribution in [0.3, 0.4) is 0 Å². The van der Waals surface area contributed by atoms with Crippen LogP contribution in [0.1, 0.15) is 12.0 Å². The van der Waals surface area contributed by atoms with Gasteiger partial charge in [0, 0.05) is 41.6 Å². The van der Waals surface area contributed by atoms with Gasteiger partial charge in [-0.2, -0.15) is 4.98 Å². The third kappa shape index (κ3) is 2.83. The van der Waals surface area contributed by atoms with Gasteiger partial charge in [0.1, 0.15) is 11.4 Å². The summed E-state index contributed by atoms with van der Waals surface area (Å²) < 4.78 is 5.23. The third-order valence-electron chi connectivity index (χ3n) is 4.17. The molecule has 3 heterocycles. The molecule has 3 N–H and O–H groups in total. The van der Waals surface area contributed by atoms with Crippen molar-refractivity contribution in [2.24, 2.45) is 0 Å². The van der Waals surface area contributed by atoms with Crippen LogP contribution in [0.4, 0.5) is 11.6 Å². The fraction of sp³-hybridized carbons (Fsp3) is 0.222. The van der Waals surface area contributed by atoms with Crippen LogP contribution in [0.25, 0.3) is 16.6 Å². The Morgan fingerprint density at radius 1 is 1.29 bits per heavy atom. The Kier molecular flexibility index (Phi) is 3.88. The minimum atomic E-state index is 0.559. The monoisotopic (exact) mass is 321 g/mol. The Morgan fingerprint density at radius 2 is 2.25 bits per heavy atom. The fourth-order valence-electron chi connectivity index (χ4n) is 2.93. The van der Waals surface area contributed by atoms with Crippen molar-refractivity contribution in [3.05, 3.63) is 48.3 Å². The van der Waals surface area contributed by atoms with Gasteiger partial charge in [-0.15, -0.1) is 0 Å². The van der Waals surface area contributed by atoms with E-state index >= 15 is 0 Å². The lowest BCUT2D eigenvalue weighted by Crippen LogP contribution is -2.19. The van der Waals surface area contributed by atoms with Gasteiger partial charge in [-0.3, -0.25) is 0 Å². The Balaban J connectivity index is 1.63. The maximum Gasteiger partial charge on any atom is 0.229 e. The summed E-state index contributed by atoms with van der Waals surface area (Å²) in [5, 5.41) is 7.60. The quantitative estimate of drug-likeness (QED) is 0.688. The molecule has 0 bridgehead atoms. The van der Waals surface area contributed by atoms with Crippen molar-refractivity contribution >= 4 is 28.2 Å². The highest BCUT2D eigenvalue weighted by Gasteiger charge is 2.12. The van der Waals surface area contributed by atoms with Gasteiger partial charge < -0.3 is 20.4 Å². The summed E-state index contributed by atoms with van der Waals surface area (Å²) in [5.74, 6) is 1.35. The molecule has 4 rings (SSSR count). The highest BCUT2D eigenvalue weighted by atomic mass is 16.5. The van der Waals surface area contributed by atoms with Gasteiger partial charge in [0.25, 0.3) is 0 Å². The van der Waals surface area contributed by atoms with Crippen molar-refractivity contribution in [2.75, 3.05) is 25.5 Å². The van der Waals surface area contributed by atoms with Crippen molar-refractivity contribution in [3.63, 3.8) is 0 Å². The number of aromatic nitrogens is 3. The van der Waals surface area contributed by atoms with E-state index in [1.165, 1.54) is 11.1 Å². The van der Waals surface area contributed by atoms with Gasteiger partial charge in [0.2, 0.25) is 5.95 Å². The number of benzene rings is 1. The van der Waals surface area contributed by atoms with E-state index in [1.54, 1.807) is 7.11 Å². The molecule has 0 spiro atoms. The number of aromatic amines is 1. The molecule has 0 saturated heterocycles. The second-order valence-electron chi connectivity index (χ2n) is 5.70. The number of methoxy groups -OCH3 is 1. The Labute approximate surface area is 140 Å². The number of fused-ring (bicyclic) bond motifs is 1. The van der Waals surface area contributed by atoms with Crippen molar-refractivity contribution in [2.45, 2.75) is 6.42 Å². The summed E-state index contributed by atoms with van der Waals surface area (Å²) >= 11 is 0. The van der Waals surface area contributed by atoms with E-state index in [-0.39, 0.29) is 0 Å². The Hall–Kier alpha value is -2.86. The van der Waals surface area contributed by atoms with Crippen LogP contribution < -0.4 is 15.4 Å². The maximum atomic E-state index is 5.23. The summed E-state index contributed by atoms with van der Waals surface area (Å²) in [7, 11) is 1.65. The van der Waals surface area contributed by atoms with Crippen LogP contribution in [0, 0.1) is 0 Å². The van der Waals surface area contributed by atoms with Crippen LogP contribution in [0.2, 0.25) is 0 Å². The smallest absolute Gasteiger partial charge is 0.229 e. The number of nitrogens with one attached hydrogen (secondary N) is 3. The minimum absolute atomic E-state index is 0.559. The zero-order valence-electron chi connectivity index (χ0n) is 13.5. The summed E-state index contributed by atoms with van der Waals surface area (Å²) in [5.41, 5.74) is 4.27. The predicted octanol–water partition coefficient (Wildman–Crippen LogP) is 3.09. The molecule has 0 unspecified atom stereocenters. The van der Waals surface area contributed by atoms with Gasteiger partial charge in [-0.25, -0.2) is 4.98 Å². The third-order valence-corrected chi connectivity index (χ3v) is 4.17. The summed E-state index contributed by atoms with van der Waals surface area (Å²) in [6.45, 7) is 1.92. The molecule has 3 aromatic rings. The molecule has 24 heavy (non-hydrogen) atoms. The molecule has 0 atom stereocenters. The number of hydrogen-bond acceptors (Lipinski definition) is 5. The highest BCUT2D eigenvalue weighted by Crippen LogP contribution is 2.27. The van der Waals surface area contributed by atoms with Gasteiger partial charge >= 0.3 is 0 Å². The fourth-order valence-corrected chi connectivity index (χ4v) is 2.93. The first-order chi connectivity index (χ1) is 11.8. The van der Waals surface area contributed by atoms with E-state index < -0.39 is 0 Å². The Morgan fingerprint density at radius 3 is 3.08 bits per heavy atom. The van der Waals surface area contributed by atoms with Crippen LogP contribution in [-0.2, 0) is 0 Å². The topological polar surface area (TPSA) is 74.9 Å². The molecule has 1 aromatic carbocycles. The molecule has 0 amide bonds. The first-order valence-electron chi connectivity index (χ1n) is 7.99. The molecule has 6 heteroatoms. The molecule has 122 valence electrons. The highest BCUT2D eigenvalue weighted by molar-refractivity contribution is 5.90. The lowest BCUT2D eigenvalue weighted by atomic mass is 10.0. The van der Waals surface area contributed by atoms with Crippen molar-refractivity contribution in [1.29, 1.82) is 0 Å². The molecule has 1 aliphatic heterocycles. The van der Waals surface area contributed by atoms with Crippen LogP contribution in [0.15, 0.2) is 42.7 Å². The van der Waals surface area contributed by atoms with Crippen LogP contribution >= 0.6 is 0 Å². The van der Waals surface area contributed by atoms with Crippen LogP contribution in [0.5, 0.6) is 5.75 Å². The van der Waals surface area contributed by atoms with Gasteiger partial charge in [0.05, 0.1) is 7.11 Å². The predicted molar refractivity (Wildman–Crippen MR) is 95.6 cm³/mol. The van der Waals surface area contributed by atoms with E-state index in [9.17, 15) is 0 Å². The minimum Gasteiger partial charge on any atom is -0.497 e. The number of rotatable bonds is 4. The molecule has 0 aliphatic carbocycles. The molecule has 0 fully saturated rings. The van der Waals surface area contributed by atoms with E-state index in [0.717, 1.165) is 42.0 Å². The van der Waals surface area contributed by atoms with Gasteiger partial charge in [-0.05, 0) is 30.7 Å². The first-order valence-corrected chi connectivity index (χ1v) is 7.99. The lowest BCUT2D eigenvalue weighted by molar-refractivity contribution is 0.415. The van der Waals surface area contributed by atoms with Gasteiger partial charge in [-0.1, -0.05) is 12.1 Å². The van der Waals surface area contributed by atoms with E-state index in [2.05, 4.69) is 31.7 Å². The molecule has 6 nitrogen and oxygen atoms in total. The van der Waals surface area contributed by atoms with E-state index in [4.69, 9.17) is 4.74 Å². The summed E-state index contributed by atoms with van der Waals surface area (Å²) in [6, 6.07) is 7.69. The maximum absolute atomic E-state index is 5.23. The largest absolute Gasteiger partial charge is 0.497 e.